The Balaban J connectivity index is 1.30. The van der Waals surface area contributed by atoms with Gasteiger partial charge in [-0.1, -0.05) is 18.2 Å². The molecule has 11 heteroatoms. The molecule has 3 heterocycles. The van der Waals surface area contributed by atoms with E-state index in [1.165, 1.54) is 7.11 Å². The number of anilines is 1. The maximum Gasteiger partial charge on any atom is 0.329 e. The first-order valence-corrected chi connectivity index (χ1v) is 12.3. The third-order valence-corrected chi connectivity index (χ3v) is 6.80. The lowest BCUT2D eigenvalue weighted by Gasteiger charge is -2.40. The molecule has 3 aliphatic rings. The minimum Gasteiger partial charge on any atom is -0.467 e. The van der Waals surface area contributed by atoms with Crippen LogP contribution in [-0.4, -0.2) is 97.4 Å². The summed E-state index contributed by atoms with van der Waals surface area (Å²) < 4.78 is 4.97. The van der Waals surface area contributed by atoms with Crippen molar-refractivity contribution in [2.24, 2.45) is 5.10 Å². The summed E-state index contributed by atoms with van der Waals surface area (Å²) in [6, 6.07) is 6.75. The number of piperidine rings is 1. The Morgan fingerprint density at radius 1 is 1.20 bits per heavy atom. The van der Waals surface area contributed by atoms with Gasteiger partial charge in [0.05, 0.1) is 7.11 Å². The van der Waals surface area contributed by atoms with E-state index in [-0.39, 0.29) is 18.1 Å². The Kier molecular flexibility index (Phi) is 8.40. The number of urea groups is 2. The van der Waals surface area contributed by atoms with Gasteiger partial charge >= 0.3 is 18.0 Å². The number of amides is 4. The Labute approximate surface area is 205 Å². The number of likely N-dealkylation sites (tertiary alicyclic amines) is 1. The van der Waals surface area contributed by atoms with Gasteiger partial charge in [-0.15, -0.1) is 0 Å². The average Bonchev–Trinajstić information content (AvgIpc) is 3.01. The fourth-order valence-corrected chi connectivity index (χ4v) is 4.83. The number of fused-ring (bicyclic) bond motifs is 1. The first-order chi connectivity index (χ1) is 17.0. The van der Waals surface area contributed by atoms with Gasteiger partial charge in [-0.2, -0.15) is 5.10 Å². The van der Waals surface area contributed by atoms with Crippen molar-refractivity contribution < 1.29 is 19.1 Å². The van der Waals surface area contributed by atoms with E-state index in [1.807, 2.05) is 35.4 Å². The van der Waals surface area contributed by atoms with Crippen LogP contribution in [0.2, 0.25) is 0 Å². The monoisotopic (exact) mass is 485 g/mol. The van der Waals surface area contributed by atoms with E-state index in [9.17, 15) is 14.4 Å². The van der Waals surface area contributed by atoms with Gasteiger partial charge in [-0.05, 0) is 43.9 Å². The predicted molar refractivity (Wildman–Crippen MR) is 132 cm³/mol. The van der Waals surface area contributed by atoms with E-state index in [4.69, 9.17) is 4.74 Å². The van der Waals surface area contributed by atoms with Crippen molar-refractivity contribution in [1.29, 1.82) is 0 Å². The number of hydrazone groups is 1. The maximum atomic E-state index is 13.0. The second-order valence-corrected chi connectivity index (χ2v) is 9.12. The number of methoxy groups -OCH3 is 1. The lowest BCUT2D eigenvalue weighted by atomic mass is 10.0. The number of hydrogen-bond donors (Lipinski definition) is 3. The molecule has 1 saturated heterocycles. The molecule has 0 radical (unpaired) electrons. The van der Waals surface area contributed by atoms with Gasteiger partial charge in [0.15, 0.2) is 0 Å². The number of rotatable bonds is 5. The Bertz CT molecular complexity index is 932. The summed E-state index contributed by atoms with van der Waals surface area (Å²) in [7, 11) is 1.34. The SMILES string of the molecule is COC(=O)C(CN1CC/C=N\NCCC1)NC(=O)N1CCC(N2Cc3ccccc3NC2=O)CC1. The van der Waals surface area contributed by atoms with Gasteiger partial charge in [0, 0.05) is 57.2 Å². The van der Waals surface area contributed by atoms with E-state index in [1.54, 1.807) is 4.90 Å². The third-order valence-electron chi connectivity index (χ3n) is 6.80. The molecule has 3 aliphatic heterocycles. The van der Waals surface area contributed by atoms with Crippen LogP contribution in [0.4, 0.5) is 15.3 Å². The van der Waals surface area contributed by atoms with E-state index in [2.05, 4.69) is 26.1 Å². The summed E-state index contributed by atoms with van der Waals surface area (Å²) in [6.07, 6.45) is 4.85. The van der Waals surface area contributed by atoms with Crippen LogP contribution in [0.1, 0.15) is 31.2 Å². The van der Waals surface area contributed by atoms with Crippen molar-refractivity contribution in [2.45, 2.75) is 44.3 Å². The summed E-state index contributed by atoms with van der Waals surface area (Å²) in [5.41, 5.74) is 4.94. The van der Waals surface area contributed by atoms with Gasteiger partial charge in [0.2, 0.25) is 0 Å². The van der Waals surface area contributed by atoms with E-state index in [0.29, 0.717) is 39.0 Å². The largest absolute Gasteiger partial charge is 0.467 e. The molecule has 0 aromatic heterocycles. The molecular formula is C24H35N7O4. The molecule has 4 amide bonds. The number of benzene rings is 1. The van der Waals surface area contributed by atoms with Crippen LogP contribution < -0.4 is 16.1 Å². The van der Waals surface area contributed by atoms with Crippen LogP contribution in [0, 0.1) is 0 Å². The highest BCUT2D eigenvalue weighted by atomic mass is 16.5. The molecule has 1 unspecified atom stereocenters. The van der Waals surface area contributed by atoms with Gasteiger partial charge in [-0.25, -0.2) is 14.4 Å². The second-order valence-electron chi connectivity index (χ2n) is 9.12. The number of para-hydroxylation sites is 1. The van der Waals surface area contributed by atoms with Crippen molar-refractivity contribution in [2.75, 3.05) is 51.7 Å². The zero-order valence-corrected chi connectivity index (χ0v) is 20.2. The lowest BCUT2D eigenvalue weighted by molar-refractivity contribution is -0.143. The molecule has 1 fully saturated rings. The molecule has 1 aromatic rings. The number of ether oxygens (including phenoxy) is 1. The summed E-state index contributed by atoms with van der Waals surface area (Å²) in [5.74, 6) is -0.455. The Morgan fingerprint density at radius 3 is 2.80 bits per heavy atom. The third kappa shape index (κ3) is 6.41. The van der Waals surface area contributed by atoms with Crippen LogP contribution in [0.15, 0.2) is 29.4 Å². The van der Waals surface area contributed by atoms with Crippen molar-refractivity contribution in [3.63, 3.8) is 0 Å². The highest BCUT2D eigenvalue weighted by Crippen LogP contribution is 2.27. The normalized spacial score (nSPS) is 21.3. The van der Waals surface area contributed by atoms with E-state index in [0.717, 1.165) is 43.7 Å². The highest BCUT2D eigenvalue weighted by Gasteiger charge is 2.34. The van der Waals surface area contributed by atoms with Crippen LogP contribution in [-0.2, 0) is 16.1 Å². The molecule has 35 heavy (non-hydrogen) atoms. The fraction of sp³-hybridized carbons (Fsp3) is 0.583. The first kappa shape index (κ1) is 24.8. The molecule has 0 aliphatic carbocycles. The van der Waals surface area contributed by atoms with Crippen LogP contribution in [0.5, 0.6) is 0 Å². The maximum absolute atomic E-state index is 13.0. The molecule has 190 valence electrons. The van der Waals surface area contributed by atoms with Crippen molar-refractivity contribution >= 4 is 29.9 Å². The fourth-order valence-electron chi connectivity index (χ4n) is 4.83. The van der Waals surface area contributed by atoms with Gasteiger partial charge in [-0.3, -0.25) is 0 Å². The molecule has 0 bridgehead atoms. The van der Waals surface area contributed by atoms with Crippen molar-refractivity contribution in [3.05, 3.63) is 29.8 Å². The predicted octanol–water partition coefficient (Wildman–Crippen LogP) is 1.42. The van der Waals surface area contributed by atoms with Crippen LogP contribution in [0.25, 0.3) is 0 Å². The molecule has 1 aromatic carbocycles. The number of nitrogens with zero attached hydrogens (tertiary/aromatic N) is 4. The van der Waals surface area contributed by atoms with E-state index < -0.39 is 12.0 Å². The highest BCUT2D eigenvalue weighted by molar-refractivity contribution is 5.92. The summed E-state index contributed by atoms with van der Waals surface area (Å²) in [6.45, 7) is 4.30. The molecule has 1 atom stereocenters. The van der Waals surface area contributed by atoms with Crippen molar-refractivity contribution in [3.8, 4) is 0 Å². The smallest absolute Gasteiger partial charge is 0.329 e. The number of carbonyl (C=O) groups is 3. The number of nitrogens with one attached hydrogen (secondary N) is 3. The Morgan fingerprint density at radius 2 is 2.00 bits per heavy atom. The van der Waals surface area contributed by atoms with Gasteiger partial charge < -0.3 is 35.5 Å². The van der Waals surface area contributed by atoms with Crippen molar-refractivity contribution in [1.82, 2.24) is 25.4 Å². The van der Waals surface area contributed by atoms with E-state index >= 15 is 0 Å². The molecule has 4 rings (SSSR count). The number of hydrogen-bond acceptors (Lipinski definition) is 7. The van der Waals surface area contributed by atoms with Crippen LogP contribution >= 0.6 is 0 Å². The standard InChI is InChI=1S/C24H35N7O4/c1-35-22(32)21(17-29-12-4-10-25-26-11-5-13-29)28-23(33)30-14-8-19(9-15-30)31-16-18-6-2-3-7-20(18)27-24(31)34/h2-3,6-7,10,19,21,26H,4-5,8-9,11-17H2,1H3,(H,27,34)(H,28,33)/b25-10-. The molecule has 3 N–H and O–H groups in total. The van der Waals surface area contributed by atoms with Crippen LogP contribution in [0.3, 0.4) is 0 Å². The minimum atomic E-state index is -0.750. The zero-order valence-electron chi connectivity index (χ0n) is 20.2. The minimum absolute atomic E-state index is 0.0593. The quantitative estimate of drug-likeness (QED) is 0.543. The molecule has 0 saturated carbocycles. The molecular weight excluding hydrogens is 450 g/mol. The average molecular weight is 486 g/mol. The molecule has 11 nitrogen and oxygen atoms in total. The summed E-state index contributed by atoms with van der Waals surface area (Å²) in [5, 5.41) is 9.97. The first-order valence-electron chi connectivity index (χ1n) is 12.3. The molecule has 0 spiro atoms. The lowest BCUT2D eigenvalue weighted by Crippen LogP contribution is -2.56. The number of carbonyl (C=O) groups excluding carboxylic acids is 3. The van der Waals surface area contributed by atoms with Gasteiger partial charge in [0.25, 0.3) is 0 Å². The zero-order chi connectivity index (χ0) is 24.6. The number of esters is 1. The topological polar surface area (TPSA) is 119 Å². The summed E-state index contributed by atoms with van der Waals surface area (Å²) >= 11 is 0. The second kappa shape index (κ2) is 11.9. The van der Waals surface area contributed by atoms with Gasteiger partial charge in [0.1, 0.15) is 6.04 Å². The summed E-state index contributed by atoms with van der Waals surface area (Å²) in [4.78, 5) is 43.8. The Hall–Kier alpha value is -3.34.